The summed E-state index contributed by atoms with van der Waals surface area (Å²) in [7, 11) is 0. The first kappa shape index (κ1) is 16.3. The molecule has 6 nitrogen and oxygen atoms in total. The Balaban J connectivity index is 1.77. The number of ether oxygens (including phenoxy) is 1. The van der Waals surface area contributed by atoms with Gasteiger partial charge in [0, 0.05) is 35.5 Å². The molecule has 1 heterocycles. The number of aliphatic hydroxyl groups excluding tert-OH is 1. The summed E-state index contributed by atoms with van der Waals surface area (Å²) in [5.41, 5.74) is -2.53. The van der Waals surface area contributed by atoms with Crippen molar-refractivity contribution in [2.24, 2.45) is 17.3 Å². The molecule has 3 fully saturated rings. The van der Waals surface area contributed by atoms with E-state index >= 15 is 0 Å². The summed E-state index contributed by atoms with van der Waals surface area (Å²) in [6.45, 7) is 4.08. The second-order valence-electron chi connectivity index (χ2n) is 8.92. The Bertz CT molecular complexity index is 873. The third-order valence-electron chi connectivity index (χ3n) is 7.34. The molecule has 138 valence electrons. The first-order chi connectivity index (χ1) is 12.1. The average Bonchev–Trinajstić information content (AvgIpc) is 2.79. The van der Waals surface area contributed by atoms with Crippen LogP contribution < -0.4 is 4.74 Å². The van der Waals surface area contributed by atoms with Gasteiger partial charge in [0.2, 0.25) is 0 Å². The molecule has 0 amide bonds. The number of phenolic OH excluding ortho intramolecular Hbond substituents is 1. The van der Waals surface area contributed by atoms with Gasteiger partial charge < -0.3 is 25.2 Å². The lowest BCUT2D eigenvalue weighted by Gasteiger charge is -2.57. The van der Waals surface area contributed by atoms with Crippen LogP contribution in [0.3, 0.4) is 0 Å². The van der Waals surface area contributed by atoms with Crippen molar-refractivity contribution in [3.05, 3.63) is 35.6 Å². The Labute approximate surface area is 150 Å². The number of carbonyl (C=O) groups excluding carboxylic acids is 1. The molecule has 3 saturated carbocycles. The van der Waals surface area contributed by atoms with E-state index in [1.165, 1.54) is 12.3 Å². The highest BCUT2D eigenvalue weighted by Gasteiger charge is 2.74. The molecule has 0 aromatic heterocycles. The fourth-order valence-electron chi connectivity index (χ4n) is 6.11. The van der Waals surface area contributed by atoms with Crippen LogP contribution in [0.15, 0.2) is 30.0 Å². The van der Waals surface area contributed by atoms with Gasteiger partial charge in [0.15, 0.2) is 11.4 Å². The Kier molecular flexibility index (Phi) is 2.82. The van der Waals surface area contributed by atoms with Crippen molar-refractivity contribution in [1.82, 2.24) is 0 Å². The molecule has 2 bridgehead atoms. The summed E-state index contributed by atoms with van der Waals surface area (Å²) in [6, 6.07) is 4.84. The van der Waals surface area contributed by atoms with Gasteiger partial charge in [-0.25, -0.2) is 0 Å². The summed E-state index contributed by atoms with van der Waals surface area (Å²) >= 11 is 0. The quantitative estimate of drug-likeness (QED) is 0.556. The number of ketones is 1. The summed E-state index contributed by atoms with van der Waals surface area (Å²) in [4.78, 5) is 12.9. The maximum atomic E-state index is 12.9. The van der Waals surface area contributed by atoms with Crippen LogP contribution in [0.25, 0.3) is 0 Å². The molecule has 1 unspecified atom stereocenters. The number of carbonyl (C=O) groups is 1. The van der Waals surface area contributed by atoms with E-state index in [0.717, 1.165) is 5.56 Å². The van der Waals surface area contributed by atoms with Crippen LogP contribution in [0, 0.1) is 17.3 Å². The lowest BCUT2D eigenvalue weighted by molar-refractivity contribution is -0.180. The zero-order valence-electron chi connectivity index (χ0n) is 14.6. The van der Waals surface area contributed by atoms with Gasteiger partial charge in [0.1, 0.15) is 11.5 Å². The largest absolute Gasteiger partial charge is 0.508 e. The van der Waals surface area contributed by atoms with Crippen LogP contribution in [0.5, 0.6) is 11.5 Å². The molecule has 0 saturated heterocycles. The summed E-state index contributed by atoms with van der Waals surface area (Å²) in [5, 5.41) is 42.9. The molecule has 4 N–H and O–H groups in total. The second-order valence-corrected chi connectivity index (χ2v) is 8.92. The molecule has 0 radical (unpaired) electrons. The van der Waals surface area contributed by atoms with Gasteiger partial charge in [-0.15, -0.1) is 0 Å². The summed E-state index contributed by atoms with van der Waals surface area (Å²) in [5.74, 6) is -1.19. The highest BCUT2D eigenvalue weighted by molar-refractivity contribution is 5.94. The van der Waals surface area contributed by atoms with Crippen molar-refractivity contribution in [3.63, 3.8) is 0 Å². The van der Waals surface area contributed by atoms with Gasteiger partial charge in [0.25, 0.3) is 0 Å². The molecule has 1 aromatic rings. The molecule has 5 rings (SSSR count). The van der Waals surface area contributed by atoms with Gasteiger partial charge in [-0.3, -0.25) is 4.79 Å². The summed E-state index contributed by atoms with van der Waals surface area (Å²) < 4.78 is 5.66. The molecule has 1 aliphatic heterocycles. The normalized spacial score (nSPS) is 44.7. The number of aromatic hydroxyl groups is 1. The average molecular weight is 358 g/mol. The minimum Gasteiger partial charge on any atom is -0.508 e. The highest BCUT2D eigenvalue weighted by Crippen LogP contribution is 2.69. The molecule has 26 heavy (non-hydrogen) atoms. The van der Waals surface area contributed by atoms with E-state index in [0.29, 0.717) is 11.3 Å². The van der Waals surface area contributed by atoms with E-state index in [1.54, 1.807) is 12.1 Å². The zero-order valence-corrected chi connectivity index (χ0v) is 14.6. The Morgan fingerprint density at radius 1 is 1.23 bits per heavy atom. The topological polar surface area (TPSA) is 107 Å². The molecule has 4 aliphatic rings. The maximum Gasteiger partial charge on any atom is 0.172 e. The monoisotopic (exact) mass is 358 g/mol. The number of phenols is 1. The molecular weight excluding hydrogens is 336 g/mol. The fourth-order valence-corrected chi connectivity index (χ4v) is 6.11. The van der Waals surface area contributed by atoms with Crippen molar-refractivity contribution in [3.8, 4) is 11.5 Å². The lowest BCUT2D eigenvalue weighted by Crippen LogP contribution is -2.66. The number of benzene rings is 1. The predicted octanol–water partition coefficient (Wildman–Crippen LogP) is 1.22. The second kappa shape index (κ2) is 4.50. The third-order valence-corrected chi connectivity index (χ3v) is 7.34. The number of Topliss-reactive ketones (excluding diaryl/α,β-unsaturated/α-hetero) is 1. The van der Waals surface area contributed by atoms with E-state index in [-0.39, 0.29) is 30.4 Å². The molecule has 1 aromatic carbocycles. The van der Waals surface area contributed by atoms with Crippen LogP contribution in [0.4, 0.5) is 0 Å². The molecule has 6 heteroatoms. The van der Waals surface area contributed by atoms with Gasteiger partial charge in [-0.2, -0.15) is 0 Å². The van der Waals surface area contributed by atoms with Gasteiger partial charge >= 0.3 is 0 Å². The van der Waals surface area contributed by atoms with Crippen molar-refractivity contribution < 1.29 is 30.0 Å². The fraction of sp³-hybridized carbons (Fsp3) is 0.550. The van der Waals surface area contributed by atoms with Crippen molar-refractivity contribution in [2.75, 3.05) is 0 Å². The standard InChI is InChI=1S/C20H22O6/c1-18(2)11-6-19(24)7-14(22)20(25,16(11)17(19)23)12-8-26-13-5-9(21)3-4-10(13)15(12)18/h3-5,8,11,15-17,21,23-25H,6-7H2,1-2H3/t11-,15+,16-,17?,19+,20-/m0/s1. The number of hydrogen-bond acceptors (Lipinski definition) is 6. The highest BCUT2D eigenvalue weighted by atomic mass is 16.5. The van der Waals surface area contributed by atoms with Gasteiger partial charge in [-0.1, -0.05) is 19.9 Å². The first-order valence-electron chi connectivity index (χ1n) is 8.97. The number of aliphatic hydroxyl groups is 3. The van der Waals surface area contributed by atoms with Gasteiger partial charge in [0.05, 0.1) is 18.0 Å². The van der Waals surface area contributed by atoms with Crippen LogP contribution in [0.1, 0.15) is 38.2 Å². The van der Waals surface area contributed by atoms with E-state index in [9.17, 15) is 25.2 Å². The van der Waals surface area contributed by atoms with Gasteiger partial charge in [-0.05, 0) is 23.8 Å². The first-order valence-corrected chi connectivity index (χ1v) is 8.97. The molecule has 3 aliphatic carbocycles. The maximum absolute atomic E-state index is 12.9. The summed E-state index contributed by atoms with van der Waals surface area (Å²) in [6.07, 6.45) is 0.258. The van der Waals surface area contributed by atoms with Crippen LogP contribution in [-0.4, -0.2) is 43.5 Å². The number of fused-ring (bicyclic) bond motifs is 5. The van der Waals surface area contributed by atoms with Crippen LogP contribution in [-0.2, 0) is 4.79 Å². The number of hydrogen-bond donors (Lipinski definition) is 4. The minimum atomic E-state index is -1.84. The Morgan fingerprint density at radius 3 is 2.69 bits per heavy atom. The van der Waals surface area contributed by atoms with E-state index < -0.39 is 34.4 Å². The van der Waals surface area contributed by atoms with Crippen molar-refractivity contribution in [1.29, 1.82) is 0 Å². The van der Waals surface area contributed by atoms with Crippen LogP contribution in [0.2, 0.25) is 0 Å². The predicted molar refractivity (Wildman–Crippen MR) is 90.5 cm³/mol. The number of rotatable bonds is 0. The SMILES string of the molecule is CC1(C)[C@H]2C(=COc3cc(O)ccc32)[C@]2(O)C(=O)C[C@]3(O)C[C@H]1[C@H]2C3O. The van der Waals surface area contributed by atoms with Crippen molar-refractivity contribution in [2.45, 2.75) is 49.9 Å². The minimum absolute atomic E-state index is 0.0772. The Hall–Kier alpha value is -1.89. The molecule has 6 atom stereocenters. The Morgan fingerprint density at radius 2 is 1.96 bits per heavy atom. The zero-order chi connectivity index (χ0) is 18.6. The van der Waals surface area contributed by atoms with Crippen LogP contribution >= 0.6 is 0 Å². The van der Waals surface area contributed by atoms with E-state index in [2.05, 4.69) is 0 Å². The smallest absolute Gasteiger partial charge is 0.172 e. The van der Waals surface area contributed by atoms with Crippen molar-refractivity contribution >= 4 is 5.78 Å². The van der Waals surface area contributed by atoms with E-state index in [1.807, 2.05) is 13.8 Å². The van der Waals surface area contributed by atoms with E-state index in [4.69, 9.17) is 4.74 Å². The molecule has 0 spiro atoms. The molecular formula is C20H22O6. The lowest BCUT2D eigenvalue weighted by atomic mass is 9.49. The third kappa shape index (κ3) is 1.61.